The van der Waals surface area contributed by atoms with Gasteiger partial charge in [0.15, 0.2) is 0 Å². The Hall–Kier alpha value is -2.74. The maximum Gasteiger partial charge on any atom is 0.416 e. The highest BCUT2D eigenvalue weighted by Gasteiger charge is 2.32. The SMILES string of the molecule is CCCCOc1cccc(C(=O)Nc2cc(C(F)(F)F)ccc2N2CCOCC2)c1. The summed E-state index contributed by atoms with van der Waals surface area (Å²) in [4.78, 5) is 14.7. The summed E-state index contributed by atoms with van der Waals surface area (Å²) in [6.07, 6.45) is -2.63. The van der Waals surface area contributed by atoms with Gasteiger partial charge in [0.1, 0.15) is 5.75 Å². The Morgan fingerprint density at radius 3 is 2.63 bits per heavy atom. The van der Waals surface area contributed by atoms with E-state index in [0.717, 1.165) is 25.0 Å². The van der Waals surface area contributed by atoms with Crippen molar-refractivity contribution in [3.63, 3.8) is 0 Å². The Morgan fingerprint density at radius 2 is 1.93 bits per heavy atom. The molecule has 1 aliphatic heterocycles. The molecule has 5 nitrogen and oxygen atoms in total. The molecule has 1 amide bonds. The van der Waals surface area contributed by atoms with Crippen LogP contribution in [-0.2, 0) is 10.9 Å². The van der Waals surface area contributed by atoms with Crippen LogP contribution in [0.25, 0.3) is 0 Å². The molecule has 1 fully saturated rings. The van der Waals surface area contributed by atoms with E-state index < -0.39 is 17.6 Å². The number of rotatable bonds is 7. The van der Waals surface area contributed by atoms with Crippen LogP contribution in [0.1, 0.15) is 35.7 Å². The number of nitrogens with zero attached hydrogens (tertiary/aromatic N) is 1. The highest BCUT2D eigenvalue weighted by Crippen LogP contribution is 2.36. The van der Waals surface area contributed by atoms with Crippen LogP contribution in [0.5, 0.6) is 5.75 Å². The minimum atomic E-state index is -4.50. The molecule has 162 valence electrons. The van der Waals surface area contributed by atoms with Crippen LogP contribution in [-0.4, -0.2) is 38.8 Å². The average molecular weight is 422 g/mol. The third-order valence-corrected chi connectivity index (χ3v) is 4.79. The predicted octanol–water partition coefficient (Wildman–Crippen LogP) is 4.97. The van der Waals surface area contributed by atoms with E-state index in [1.54, 1.807) is 24.3 Å². The molecule has 0 spiro atoms. The topological polar surface area (TPSA) is 50.8 Å². The molecule has 0 aromatic heterocycles. The normalized spacial score (nSPS) is 14.5. The monoisotopic (exact) mass is 422 g/mol. The number of carbonyl (C=O) groups excluding carboxylic acids is 1. The summed E-state index contributed by atoms with van der Waals surface area (Å²) >= 11 is 0. The fourth-order valence-corrected chi connectivity index (χ4v) is 3.15. The van der Waals surface area contributed by atoms with E-state index in [9.17, 15) is 18.0 Å². The van der Waals surface area contributed by atoms with Gasteiger partial charge in [-0.15, -0.1) is 0 Å². The van der Waals surface area contributed by atoms with Gasteiger partial charge in [-0.2, -0.15) is 13.2 Å². The highest BCUT2D eigenvalue weighted by atomic mass is 19.4. The van der Waals surface area contributed by atoms with Gasteiger partial charge in [0, 0.05) is 18.7 Å². The summed E-state index contributed by atoms with van der Waals surface area (Å²) in [5.41, 5.74) is 0.157. The Kier molecular flexibility index (Phi) is 7.20. The number of anilines is 2. The Balaban J connectivity index is 1.84. The van der Waals surface area contributed by atoms with E-state index in [2.05, 4.69) is 5.32 Å². The summed E-state index contributed by atoms with van der Waals surface area (Å²) in [5.74, 6) is 0.0540. The fraction of sp³-hybridized carbons (Fsp3) is 0.409. The molecule has 0 unspecified atom stereocenters. The van der Waals surface area contributed by atoms with Gasteiger partial charge in [-0.05, 0) is 42.8 Å². The third-order valence-electron chi connectivity index (χ3n) is 4.79. The molecule has 3 rings (SSSR count). The van der Waals surface area contributed by atoms with Crippen LogP contribution < -0.4 is 15.0 Å². The number of alkyl halides is 3. The number of hydrogen-bond donors (Lipinski definition) is 1. The van der Waals surface area contributed by atoms with Crippen molar-refractivity contribution in [2.75, 3.05) is 43.1 Å². The lowest BCUT2D eigenvalue weighted by Crippen LogP contribution is -2.36. The molecule has 0 bridgehead atoms. The number of ether oxygens (including phenoxy) is 2. The first-order valence-corrected chi connectivity index (χ1v) is 9.96. The number of benzene rings is 2. The second-order valence-electron chi connectivity index (χ2n) is 7.01. The first kappa shape index (κ1) is 22.0. The van der Waals surface area contributed by atoms with Crippen molar-refractivity contribution in [2.24, 2.45) is 0 Å². The lowest BCUT2D eigenvalue weighted by Gasteiger charge is -2.31. The van der Waals surface area contributed by atoms with Crippen LogP contribution in [0, 0.1) is 0 Å². The van der Waals surface area contributed by atoms with Crippen LogP contribution >= 0.6 is 0 Å². The van der Waals surface area contributed by atoms with Gasteiger partial charge in [0.05, 0.1) is 36.8 Å². The number of amides is 1. The van der Waals surface area contributed by atoms with Gasteiger partial charge in [0.2, 0.25) is 0 Å². The standard InChI is InChI=1S/C22H25F3N2O3/c1-2-3-11-30-18-6-4-5-16(14-18)21(28)26-19-15-17(22(23,24)25)7-8-20(19)27-9-12-29-13-10-27/h4-8,14-15H,2-3,9-13H2,1H3,(H,26,28). The van der Waals surface area contributed by atoms with Crippen molar-refractivity contribution in [1.82, 2.24) is 0 Å². The zero-order valence-electron chi connectivity index (χ0n) is 16.8. The summed E-state index contributed by atoms with van der Waals surface area (Å²) < 4.78 is 50.7. The van der Waals surface area contributed by atoms with Crippen molar-refractivity contribution < 1.29 is 27.4 Å². The van der Waals surface area contributed by atoms with Crippen molar-refractivity contribution in [3.05, 3.63) is 53.6 Å². The second kappa shape index (κ2) is 9.84. The van der Waals surface area contributed by atoms with Crippen molar-refractivity contribution in [2.45, 2.75) is 25.9 Å². The maximum absolute atomic E-state index is 13.2. The molecule has 2 aromatic rings. The zero-order chi connectivity index (χ0) is 21.6. The molecule has 0 saturated carbocycles. The largest absolute Gasteiger partial charge is 0.494 e. The first-order valence-electron chi connectivity index (χ1n) is 9.96. The number of unbranched alkanes of at least 4 members (excludes halogenated alkanes) is 1. The molecular formula is C22H25F3N2O3. The number of hydrogen-bond acceptors (Lipinski definition) is 4. The van der Waals surface area contributed by atoms with Crippen LogP contribution in [0.2, 0.25) is 0 Å². The molecule has 0 atom stereocenters. The van der Waals surface area contributed by atoms with Gasteiger partial charge < -0.3 is 19.7 Å². The number of halogens is 3. The van der Waals surface area contributed by atoms with E-state index in [-0.39, 0.29) is 5.69 Å². The van der Waals surface area contributed by atoms with Gasteiger partial charge in [-0.3, -0.25) is 4.79 Å². The molecule has 30 heavy (non-hydrogen) atoms. The minimum absolute atomic E-state index is 0.119. The minimum Gasteiger partial charge on any atom is -0.494 e. The van der Waals surface area contributed by atoms with Crippen molar-refractivity contribution in [3.8, 4) is 5.75 Å². The van der Waals surface area contributed by atoms with E-state index in [1.807, 2.05) is 11.8 Å². The number of morpholine rings is 1. The Bertz CT molecular complexity index is 865. The Morgan fingerprint density at radius 1 is 1.17 bits per heavy atom. The van der Waals surface area contributed by atoms with Crippen LogP contribution in [0.3, 0.4) is 0 Å². The lowest BCUT2D eigenvalue weighted by atomic mass is 10.1. The van der Waals surface area contributed by atoms with Crippen LogP contribution in [0.4, 0.5) is 24.5 Å². The van der Waals surface area contributed by atoms with Crippen molar-refractivity contribution >= 4 is 17.3 Å². The molecule has 0 radical (unpaired) electrons. The molecule has 1 aliphatic rings. The number of nitrogens with one attached hydrogen (secondary N) is 1. The second-order valence-corrected chi connectivity index (χ2v) is 7.01. The first-order chi connectivity index (χ1) is 14.4. The van der Waals surface area contributed by atoms with Gasteiger partial charge in [-0.25, -0.2) is 0 Å². The quantitative estimate of drug-likeness (QED) is 0.640. The third kappa shape index (κ3) is 5.66. The predicted molar refractivity (Wildman–Crippen MR) is 109 cm³/mol. The van der Waals surface area contributed by atoms with E-state index in [4.69, 9.17) is 9.47 Å². The average Bonchev–Trinajstić information content (AvgIpc) is 2.74. The summed E-state index contributed by atoms with van der Waals surface area (Å²) in [7, 11) is 0. The molecule has 8 heteroatoms. The number of carbonyl (C=O) groups is 1. The van der Waals surface area contributed by atoms with E-state index in [0.29, 0.717) is 49.9 Å². The van der Waals surface area contributed by atoms with E-state index >= 15 is 0 Å². The summed E-state index contributed by atoms with van der Waals surface area (Å²) in [6.45, 7) is 4.62. The molecule has 1 heterocycles. The lowest BCUT2D eigenvalue weighted by molar-refractivity contribution is -0.137. The zero-order valence-corrected chi connectivity index (χ0v) is 16.8. The molecule has 2 aromatic carbocycles. The molecule has 1 saturated heterocycles. The van der Waals surface area contributed by atoms with Crippen LogP contribution in [0.15, 0.2) is 42.5 Å². The molecule has 1 N–H and O–H groups in total. The van der Waals surface area contributed by atoms with E-state index in [1.165, 1.54) is 6.07 Å². The highest BCUT2D eigenvalue weighted by molar-refractivity contribution is 6.06. The smallest absolute Gasteiger partial charge is 0.416 e. The summed E-state index contributed by atoms with van der Waals surface area (Å²) in [6, 6.07) is 10.0. The molecule has 0 aliphatic carbocycles. The van der Waals surface area contributed by atoms with Gasteiger partial charge in [0.25, 0.3) is 5.91 Å². The maximum atomic E-state index is 13.2. The Labute approximate surface area is 173 Å². The molecular weight excluding hydrogens is 397 g/mol. The summed E-state index contributed by atoms with van der Waals surface area (Å²) in [5, 5.41) is 2.65. The van der Waals surface area contributed by atoms with Crippen molar-refractivity contribution in [1.29, 1.82) is 0 Å². The fourth-order valence-electron chi connectivity index (χ4n) is 3.15. The van der Waals surface area contributed by atoms with Gasteiger partial charge >= 0.3 is 6.18 Å². The van der Waals surface area contributed by atoms with Gasteiger partial charge in [-0.1, -0.05) is 19.4 Å².